The van der Waals surface area contributed by atoms with Gasteiger partial charge in [0.1, 0.15) is 6.04 Å². The molecule has 0 saturated carbocycles. The van der Waals surface area contributed by atoms with Gasteiger partial charge in [0.15, 0.2) is 0 Å². The van der Waals surface area contributed by atoms with Gasteiger partial charge in [-0.2, -0.15) is 0 Å². The summed E-state index contributed by atoms with van der Waals surface area (Å²) in [5, 5.41) is 2.73. The number of ether oxygens (including phenoxy) is 2. The molecule has 2 atom stereocenters. The van der Waals surface area contributed by atoms with Gasteiger partial charge in [-0.25, -0.2) is 4.79 Å². The average Bonchev–Trinajstić information content (AvgIpc) is 2.86. The van der Waals surface area contributed by atoms with Crippen molar-refractivity contribution in [1.29, 1.82) is 0 Å². The topological polar surface area (TPSA) is 64.6 Å². The quantitative estimate of drug-likeness (QED) is 0.589. The SMILES string of the molecule is COC(=O)[C@@H](CC=C(C)C)NC(=O)[C@@H]1CCOC1. The van der Waals surface area contributed by atoms with Gasteiger partial charge < -0.3 is 14.8 Å². The van der Waals surface area contributed by atoms with Gasteiger partial charge in [-0.1, -0.05) is 11.6 Å². The molecular weight excluding hydrogens is 234 g/mol. The molecule has 1 amide bonds. The van der Waals surface area contributed by atoms with E-state index < -0.39 is 12.0 Å². The van der Waals surface area contributed by atoms with E-state index in [1.165, 1.54) is 7.11 Å². The van der Waals surface area contributed by atoms with Gasteiger partial charge >= 0.3 is 5.97 Å². The summed E-state index contributed by atoms with van der Waals surface area (Å²) in [7, 11) is 1.32. The van der Waals surface area contributed by atoms with E-state index in [9.17, 15) is 9.59 Å². The monoisotopic (exact) mass is 255 g/mol. The lowest BCUT2D eigenvalue weighted by molar-refractivity contribution is -0.145. The van der Waals surface area contributed by atoms with Crippen LogP contribution in [0.2, 0.25) is 0 Å². The van der Waals surface area contributed by atoms with Gasteiger partial charge in [-0.15, -0.1) is 0 Å². The van der Waals surface area contributed by atoms with Crippen LogP contribution in [0.5, 0.6) is 0 Å². The summed E-state index contributed by atoms with van der Waals surface area (Å²) < 4.78 is 9.85. The highest BCUT2D eigenvalue weighted by Crippen LogP contribution is 2.13. The molecule has 1 saturated heterocycles. The van der Waals surface area contributed by atoms with Crippen LogP contribution in [0.15, 0.2) is 11.6 Å². The summed E-state index contributed by atoms with van der Waals surface area (Å²) in [5.74, 6) is -0.700. The summed E-state index contributed by atoms with van der Waals surface area (Å²) in [5.41, 5.74) is 1.10. The van der Waals surface area contributed by atoms with Crippen molar-refractivity contribution >= 4 is 11.9 Å². The van der Waals surface area contributed by atoms with Crippen molar-refractivity contribution in [2.45, 2.75) is 32.7 Å². The minimum absolute atomic E-state index is 0.134. The van der Waals surface area contributed by atoms with E-state index in [0.29, 0.717) is 26.1 Å². The van der Waals surface area contributed by atoms with Crippen LogP contribution in [0.1, 0.15) is 26.7 Å². The first kappa shape index (κ1) is 14.7. The molecule has 0 unspecified atom stereocenters. The molecule has 0 aromatic carbocycles. The number of allylic oxidation sites excluding steroid dienone is 1. The molecule has 0 aromatic heterocycles. The Bertz CT molecular complexity index is 328. The normalized spacial score (nSPS) is 20.1. The number of carbonyl (C=O) groups excluding carboxylic acids is 2. The maximum Gasteiger partial charge on any atom is 0.328 e. The maximum atomic E-state index is 11.9. The fourth-order valence-corrected chi connectivity index (χ4v) is 1.74. The molecule has 1 rings (SSSR count). The predicted molar refractivity (Wildman–Crippen MR) is 66.9 cm³/mol. The second-order valence-corrected chi connectivity index (χ2v) is 4.66. The first-order chi connectivity index (χ1) is 8.54. The Hall–Kier alpha value is -1.36. The predicted octanol–water partition coefficient (Wildman–Crippen LogP) is 1.04. The third kappa shape index (κ3) is 4.49. The van der Waals surface area contributed by atoms with Crippen molar-refractivity contribution in [3.8, 4) is 0 Å². The van der Waals surface area contributed by atoms with E-state index >= 15 is 0 Å². The fraction of sp³-hybridized carbons (Fsp3) is 0.692. The summed E-state index contributed by atoms with van der Waals surface area (Å²) in [6.07, 6.45) is 3.07. The molecule has 1 aliphatic heterocycles. The van der Waals surface area contributed by atoms with Gasteiger partial charge in [0.25, 0.3) is 0 Å². The first-order valence-electron chi connectivity index (χ1n) is 6.14. The molecule has 0 bridgehead atoms. The number of amides is 1. The summed E-state index contributed by atoms with van der Waals surface area (Å²) in [6.45, 7) is 4.93. The Morgan fingerprint density at radius 1 is 1.50 bits per heavy atom. The highest BCUT2D eigenvalue weighted by atomic mass is 16.5. The van der Waals surface area contributed by atoms with E-state index in [2.05, 4.69) is 5.32 Å². The molecule has 0 aromatic rings. The molecular formula is C13H21NO4. The van der Waals surface area contributed by atoms with Crippen LogP contribution in [0.25, 0.3) is 0 Å². The number of hydrogen-bond donors (Lipinski definition) is 1. The van der Waals surface area contributed by atoms with E-state index in [1.54, 1.807) is 0 Å². The fourth-order valence-electron chi connectivity index (χ4n) is 1.74. The van der Waals surface area contributed by atoms with Crippen molar-refractivity contribution in [2.24, 2.45) is 5.92 Å². The number of nitrogens with one attached hydrogen (secondary N) is 1. The van der Waals surface area contributed by atoms with E-state index in [0.717, 1.165) is 5.57 Å². The lowest BCUT2D eigenvalue weighted by Crippen LogP contribution is -2.44. The lowest BCUT2D eigenvalue weighted by atomic mass is 10.1. The minimum Gasteiger partial charge on any atom is -0.467 e. The van der Waals surface area contributed by atoms with Crippen LogP contribution >= 0.6 is 0 Å². The maximum absolute atomic E-state index is 11.9. The van der Waals surface area contributed by atoms with Crippen LogP contribution < -0.4 is 5.32 Å². The van der Waals surface area contributed by atoms with Gasteiger partial charge in [0, 0.05) is 6.61 Å². The average molecular weight is 255 g/mol. The highest BCUT2D eigenvalue weighted by Gasteiger charge is 2.27. The van der Waals surface area contributed by atoms with Gasteiger partial charge in [0.05, 0.1) is 19.6 Å². The minimum atomic E-state index is -0.613. The zero-order valence-electron chi connectivity index (χ0n) is 11.2. The molecule has 1 heterocycles. The molecule has 0 radical (unpaired) electrons. The van der Waals surface area contributed by atoms with E-state index in [-0.39, 0.29) is 11.8 Å². The smallest absolute Gasteiger partial charge is 0.328 e. The summed E-state index contributed by atoms with van der Waals surface area (Å²) >= 11 is 0. The van der Waals surface area contributed by atoms with E-state index in [1.807, 2.05) is 19.9 Å². The largest absolute Gasteiger partial charge is 0.467 e. The zero-order valence-corrected chi connectivity index (χ0v) is 11.2. The number of esters is 1. The third-order valence-electron chi connectivity index (χ3n) is 2.86. The third-order valence-corrected chi connectivity index (χ3v) is 2.86. The Morgan fingerprint density at radius 2 is 2.22 bits per heavy atom. The van der Waals surface area contributed by atoms with Crippen LogP contribution in [0, 0.1) is 5.92 Å². The number of hydrogen-bond acceptors (Lipinski definition) is 4. The van der Waals surface area contributed by atoms with Crippen molar-refractivity contribution in [1.82, 2.24) is 5.32 Å². The van der Waals surface area contributed by atoms with Gasteiger partial charge in [-0.05, 0) is 26.7 Å². The van der Waals surface area contributed by atoms with Crippen molar-refractivity contribution in [2.75, 3.05) is 20.3 Å². The number of methoxy groups -OCH3 is 1. The Labute approximate surface area is 108 Å². The standard InChI is InChI=1S/C13H21NO4/c1-9(2)4-5-11(13(16)17-3)14-12(15)10-6-7-18-8-10/h4,10-11H,5-8H2,1-3H3,(H,14,15)/t10-,11-/m1/s1. The molecule has 18 heavy (non-hydrogen) atoms. The lowest BCUT2D eigenvalue weighted by Gasteiger charge is -2.17. The number of carbonyl (C=O) groups is 2. The molecule has 0 aliphatic carbocycles. The van der Waals surface area contributed by atoms with Crippen LogP contribution in [0.3, 0.4) is 0 Å². The Morgan fingerprint density at radius 3 is 2.72 bits per heavy atom. The van der Waals surface area contributed by atoms with Crippen LogP contribution in [-0.4, -0.2) is 38.2 Å². The number of rotatable bonds is 5. The summed E-state index contributed by atoms with van der Waals surface area (Å²) in [4.78, 5) is 23.5. The second kappa shape index (κ2) is 7.16. The van der Waals surface area contributed by atoms with Crippen LogP contribution in [-0.2, 0) is 19.1 Å². The molecule has 102 valence electrons. The van der Waals surface area contributed by atoms with Gasteiger partial charge in [-0.3, -0.25) is 4.79 Å². The van der Waals surface area contributed by atoms with Gasteiger partial charge in [0.2, 0.25) is 5.91 Å². The molecule has 5 nitrogen and oxygen atoms in total. The summed E-state index contributed by atoms with van der Waals surface area (Å²) in [6, 6.07) is -0.613. The van der Waals surface area contributed by atoms with Crippen molar-refractivity contribution in [3.05, 3.63) is 11.6 Å². The molecule has 0 spiro atoms. The molecule has 1 fully saturated rings. The molecule has 1 aliphatic rings. The van der Waals surface area contributed by atoms with Crippen LogP contribution in [0.4, 0.5) is 0 Å². The molecule has 5 heteroatoms. The van der Waals surface area contributed by atoms with Crippen molar-refractivity contribution < 1.29 is 19.1 Å². The molecule has 1 N–H and O–H groups in total. The first-order valence-corrected chi connectivity index (χ1v) is 6.14. The Kier molecular flexibility index (Phi) is 5.85. The van der Waals surface area contributed by atoms with Crippen molar-refractivity contribution in [3.63, 3.8) is 0 Å². The second-order valence-electron chi connectivity index (χ2n) is 4.66. The highest BCUT2D eigenvalue weighted by molar-refractivity contribution is 5.86. The van der Waals surface area contributed by atoms with E-state index in [4.69, 9.17) is 9.47 Å². The Balaban J connectivity index is 2.56. The zero-order chi connectivity index (χ0) is 13.5.